The molecule has 1 aromatic carbocycles. The maximum absolute atomic E-state index is 13.4. The van der Waals surface area contributed by atoms with E-state index in [9.17, 15) is 9.59 Å². The summed E-state index contributed by atoms with van der Waals surface area (Å²) in [5.41, 5.74) is 0.194. The Morgan fingerprint density at radius 2 is 1.88 bits per heavy atom. The third kappa shape index (κ3) is 4.98. The second kappa shape index (κ2) is 10.8. The van der Waals surface area contributed by atoms with Crippen LogP contribution in [-0.4, -0.2) is 51.4 Å². The maximum Gasteiger partial charge on any atom is 0.269 e. The second-order valence-electron chi connectivity index (χ2n) is 7.20. The predicted molar refractivity (Wildman–Crippen MR) is 136 cm³/mol. The first kappa shape index (κ1) is 23.9. The molecule has 0 spiro atoms. The fourth-order valence-electron chi connectivity index (χ4n) is 3.38. The van der Waals surface area contributed by atoms with Crippen molar-refractivity contribution in [1.82, 2.24) is 14.3 Å². The summed E-state index contributed by atoms with van der Waals surface area (Å²) in [5, 5.41) is 0. The zero-order valence-electron chi connectivity index (χ0n) is 18.7. The van der Waals surface area contributed by atoms with Crippen molar-refractivity contribution in [3.63, 3.8) is 0 Å². The molecule has 3 aromatic rings. The number of para-hydroxylation sites is 2. The van der Waals surface area contributed by atoms with Gasteiger partial charge >= 0.3 is 0 Å². The minimum Gasteiger partial charge on any atom is -0.493 e. The molecule has 0 saturated carbocycles. The zero-order valence-corrected chi connectivity index (χ0v) is 20.4. The van der Waals surface area contributed by atoms with E-state index in [2.05, 4.69) is 4.98 Å². The minimum atomic E-state index is -0.364. The molecule has 2 aromatic heterocycles. The minimum absolute atomic E-state index is 0.0716. The van der Waals surface area contributed by atoms with E-state index in [4.69, 9.17) is 26.4 Å². The van der Waals surface area contributed by atoms with Gasteiger partial charge in [0.25, 0.3) is 11.5 Å². The van der Waals surface area contributed by atoms with Crippen LogP contribution in [0.2, 0.25) is 0 Å². The van der Waals surface area contributed by atoms with Crippen LogP contribution in [0.5, 0.6) is 17.4 Å². The number of carbonyl (C=O) groups is 1. The Labute approximate surface area is 206 Å². The van der Waals surface area contributed by atoms with E-state index < -0.39 is 0 Å². The van der Waals surface area contributed by atoms with Gasteiger partial charge in [0.2, 0.25) is 5.88 Å². The van der Waals surface area contributed by atoms with Crippen LogP contribution < -0.4 is 15.0 Å². The summed E-state index contributed by atoms with van der Waals surface area (Å²) in [6.07, 6.45) is 3.78. The van der Waals surface area contributed by atoms with Crippen LogP contribution in [0.15, 0.2) is 58.4 Å². The first-order valence-electron chi connectivity index (χ1n) is 10.7. The Hall–Kier alpha value is -3.21. The Morgan fingerprint density at radius 1 is 1.12 bits per heavy atom. The number of carbonyl (C=O) groups excluding carboxylic acids is 1. The smallest absolute Gasteiger partial charge is 0.269 e. The van der Waals surface area contributed by atoms with Gasteiger partial charge in [0.15, 0.2) is 11.5 Å². The average molecular weight is 498 g/mol. The highest BCUT2D eigenvalue weighted by Gasteiger charge is 2.32. The molecule has 0 aliphatic carbocycles. The van der Waals surface area contributed by atoms with E-state index in [1.165, 1.54) is 22.5 Å². The van der Waals surface area contributed by atoms with Crippen molar-refractivity contribution in [1.29, 1.82) is 0 Å². The number of thiocarbonyl (C=S) groups is 1. The quantitative estimate of drug-likeness (QED) is 0.248. The number of amides is 1. The Morgan fingerprint density at radius 3 is 2.65 bits per heavy atom. The molecular weight excluding hydrogens is 474 g/mol. The van der Waals surface area contributed by atoms with E-state index in [1.807, 2.05) is 13.0 Å². The first-order chi connectivity index (χ1) is 16.5. The molecule has 8 nitrogen and oxygen atoms in total. The first-order valence-corrected chi connectivity index (χ1v) is 11.9. The highest BCUT2D eigenvalue weighted by atomic mass is 32.2. The number of ether oxygens (including phenoxy) is 3. The van der Waals surface area contributed by atoms with Crippen molar-refractivity contribution in [2.24, 2.45) is 0 Å². The zero-order chi connectivity index (χ0) is 24.1. The van der Waals surface area contributed by atoms with Gasteiger partial charge in [-0.3, -0.25) is 18.9 Å². The summed E-state index contributed by atoms with van der Waals surface area (Å²) in [6, 6.07) is 12.3. The van der Waals surface area contributed by atoms with Crippen LogP contribution in [-0.2, 0) is 9.53 Å². The van der Waals surface area contributed by atoms with E-state index in [1.54, 1.807) is 42.6 Å². The molecule has 0 unspecified atom stereocenters. The highest BCUT2D eigenvalue weighted by Crippen LogP contribution is 2.35. The van der Waals surface area contributed by atoms with Gasteiger partial charge in [-0.1, -0.05) is 42.2 Å². The number of hydrogen-bond acceptors (Lipinski definition) is 8. The van der Waals surface area contributed by atoms with Gasteiger partial charge in [-0.25, -0.2) is 0 Å². The SMILES string of the molecule is CCOCCCN1C(=O)/C(=C\c2c(Oc3ccccc3OC)nc3ccccn3c2=O)SC1=S. The summed E-state index contributed by atoms with van der Waals surface area (Å²) in [7, 11) is 1.53. The summed E-state index contributed by atoms with van der Waals surface area (Å²) in [4.78, 5) is 32.8. The van der Waals surface area contributed by atoms with Crippen LogP contribution in [0.1, 0.15) is 18.9 Å². The lowest BCUT2D eigenvalue weighted by Gasteiger charge is -2.14. The second-order valence-corrected chi connectivity index (χ2v) is 8.88. The molecule has 1 saturated heterocycles. The number of aromatic nitrogens is 2. The molecule has 0 radical (unpaired) electrons. The van der Waals surface area contributed by atoms with Crippen molar-refractivity contribution in [3.05, 3.63) is 69.5 Å². The van der Waals surface area contributed by atoms with Crippen LogP contribution in [0.4, 0.5) is 0 Å². The molecule has 0 bridgehead atoms. The van der Waals surface area contributed by atoms with Crippen molar-refractivity contribution < 1.29 is 19.0 Å². The molecule has 1 amide bonds. The third-order valence-electron chi connectivity index (χ3n) is 5.03. The molecule has 0 N–H and O–H groups in total. The van der Waals surface area contributed by atoms with Crippen LogP contribution in [0.3, 0.4) is 0 Å². The Bertz CT molecular complexity index is 1320. The molecule has 1 aliphatic rings. The molecule has 34 heavy (non-hydrogen) atoms. The fourth-order valence-corrected chi connectivity index (χ4v) is 4.67. The number of hydrogen-bond donors (Lipinski definition) is 0. The Balaban J connectivity index is 1.74. The molecule has 1 fully saturated rings. The van der Waals surface area contributed by atoms with E-state index in [0.717, 1.165) is 11.8 Å². The Kier molecular flexibility index (Phi) is 7.61. The van der Waals surface area contributed by atoms with Gasteiger partial charge in [0.05, 0.1) is 12.0 Å². The molecule has 176 valence electrons. The number of methoxy groups -OCH3 is 1. The molecule has 3 heterocycles. The number of fused-ring (bicyclic) bond motifs is 1. The largest absolute Gasteiger partial charge is 0.493 e. The molecule has 1 aliphatic heterocycles. The summed E-state index contributed by atoms with van der Waals surface area (Å²) >= 11 is 6.56. The summed E-state index contributed by atoms with van der Waals surface area (Å²) in [6.45, 7) is 3.52. The summed E-state index contributed by atoms with van der Waals surface area (Å²) < 4.78 is 18.6. The molecule has 4 rings (SSSR count). The van der Waals surface area contributed by atoms with Crippen LogP contribution >= 0.6 is 24.0 Å². The number of rotatable bonds is 9. The molecule has 10 heteroatoms. The maximum atomic E-state index is 13.4. The topological polar surface area (TPSA) is 82.4 Å². The van der Waals surface area contributed by atoms with Gasteiger partial charge in [-0.05, 0) is 43.7 Å². The molecule has 0 atom stereocenters. The van der Waals surface area contributed by atoms with Crippen molar-refractivity contribution in [2.45, 2.75) is 13.3 Å². The predicted octanol–water partition coefficient (Wildman–Crippen LogP) is 4.12. The van der Waals surface area contributed by atoms with E-state index in [-0.39, 0.29) is 22.9 Å². The van der Waals surface area contributed by atoms with E-state index in [0.29, 0.717) is 52.6 Å². The van der Waals surface area contributed by atoms with Crippen LogP contribution in [0.25, 0.3) is 11.7 Å². The van der Waals surface area contributed by atoms with Gasteiger partial charge in [0.1, 0.15) is 15.5 Å². The van der Waals surface area contributed by atoms with Crippen molar-refractivity contribution in [2.75, 3.05) is 26.9 Å². The average Bonchev–Trinajstić information content (AvgIpc) is 3.11. The lowest BCUT2D eigenvalue weighted by molar-refractivity contribution is -0.122. The van der Waals surface area contributed by atoms with Crippen LogP contribution in [0, 0.1) is 0 Å². The normalized spacial score (nSPS) is 14.9. The van der Waals surface area contributed by atoms with Gasteiger partial charge < -0.3 is 14.2 Å². The lowest BCUT2D eigenvalue weighted by Crippen LogP contribution is -2.29. The number of nitrogens with zero attached hydrogens (tertiary/aromatic N) is 3. The number of benzene rings is 1. The van der Waals surface area contributed by atoms with Crippen molar-refractivity contribution in [3.8, 4) is 17.4 Å². The fraction of sp³-hybridized carbons (Fsp3) is 0.250. The van der Waals surface area contributed by atoms with E-state index >= 15 is 0 Å². The van der Waals surface area contributed by atoms with Gasteiger partial charge in [0, 0.05) is 26.0 Å². The monoisotopic (exact) mass is 497 g/mol. The van der Waals surface area contributed by atoms with Gasteiger partial charge in [-0.2, -0.15) is 4.98 Å². The molecular formula is C24H23N3O5S2. The third-order valence-corrected chi connectivity index (χ3v) is 6.41. The van der Waals surface area contributed by atoms with Gasteiger partial charge in [-0.15, -0.1) is 0 Å². The number of pyridine rings is 1. The number of thioether (sulfide) groups is 1. The lowest BCUT2D eigenvalue weighted by atomic mass is 10.2. The highest BCUT2D eigenvalue weighted by molar-refractivity contribution is 8.26. The standard InChI is InChI=1S/C24H23N3O5S2/c1-3-31-14-8-13-27-23(29)19(34-24(27)33)15-16-21(32-18-10-5-4-9-17(18)30-2)25-20-11-6-7-12-26(20)22(16)28/h4-7,9-12,15H,3,8,13-14H2,1-2H3/b19-15+. The summed E-state index contributed by atoms with van der Waals surface area (Å²) in [5.74, 6) is 0.703. The van der Waals surface area contributed by atoms with Crippen molar-refractivity contribution >= 4 is 45.9 Å².